The number of aromatic hydroxyl groups is 1. The number of hydrogen-bond acceptors (Lipinski definition) is 13. The van der Waals surface area contributed by atoms with Crippen molar-refractivity contribution in [2.75, 3.05) is 24.6 Å². The van der Waals surface area contributed by atoms with Crippen LogP contribution in [0.1, 0.15) is 83.8 Å². The molecule has 3 rings (SSSR count). The van der Waals surface area contributed by atoms with Gasteiger partial charge in [-0.25, -0.2) is 4.39 Å². The molecule has 0 aromatic heterocycles. The SMILES string of the molecule is CC[C@H](C)[C@@H]1NC(=O)[C@H](Cc2ccc(O)cc2)NC(=O)CCCSC[C@@H](C(=O)N(CC(=O)N[C@@H](CC(C)C)C(=O)NCC(N)=O)Cc2ccc(F)cc2)NC(=O)[C@H](CC(N)=O)NC(=O)C(CCC(N)=O)NC1=O. The van der Waals surface area contributed by atoms with E-state index >= 15 is 0 Å². The first-order valence-corrected chi connectivity index (χ1v) is 24.9. The van der Waals surface area contributed by atoms with Crippen molar-refractivity contribution in [2.24, 2.45) is 29.0 Å². The molecule has 0 spiro atoms. The molecule has 2 aromatic rings. The molecule has 11 amide bonds. The predicted molar refractivity (Wildman–Crippen MR) is 265 cm³/mol. The van der Waals surface area contributed by atoms with E-state index in [-0.39, 0.29) is 55.4 Å². The Labute approximate surface area is 426 Å². The van der Waals surface area contributed by atoms with E-state index in [1.807, 2.05) is 0 Å². The first kappa shape index (κ1) is 60.0. The number of carbonyl (C=O) groups excluding carboxylic acids is 11. The first-order valence-electron chi connectivity index (χ1n) is 23.8. The quantitative estimate of drug-likeness (QED) is 0.0711. The third-order valence-electron chi connectivity index (χ3n) is 11.5. The van der Waals surface area contributed by atoms with Crippen molar-refractivity contribution < 1.29 is 62.2 Å². The van der Waals surface area contributed by atoms with Gasteiger partial charge in [0.1, 0.15) is 47.8 Å². The van der Waals surface area contributed by atoms with Gasteiger partial charge in [-0.2, -0.15) is 11.8 Å². The number of benzene rings is 2. The summed E-state index contributed by atoms with van der Waals surface area (Å²) >= 11 is 1.10. The van der Waals surface area contributed by atoms with Crippen LogP contribution in [0, 0.1) is 17.7 Å². The number of carbonyl (C=O) groups is 11. The van der Waals surface area contributed by atoms with Crippen LogP contribution in [-0.2, 0) is 65.7 Å². The number of amides is 11. The zero-order chi connectivity index (χ0) is 54.4. The average molecular weight is 1040 g/mol. The lowest BCUT2D eigenvalue weighted by Gasteiger charge is -2.30. The van der Waals surface area contributed by atoms with Gasteiger partial charge in [-0.05, 0) is 72.2 Å². The van der Waals surface area contributed by atoms with E-state index in [4.69, 9.17) is 17.2 Å². The van der Waals surface area contributed by atoms with E-state index in [2.05, 4.69) is 37.2 Å². The van der Waals surface area contributed by atoms with Crippen LogP contribution < -0.4 is 54.4 Å². The standard InChI is InChI=1S/C48H68FN11O12S/c1-5-27(4)42-47(71)56-32(16-17-37(50)62)44(68)57-35(21-38(51)63)45(69)58-36(25-73-18-6-7-40(65)54-34(46(70)59-42)20-28-10-14-31(61)15-11-28)48(72)60(23-29-8-12-30(49)13-9-29)24-41(66)55-33(19-26(2)3)43(67)53-22-39(52)64/h8-15,26-27,32-36,42,61H,5-7,16-25H2,1-4H3,(H2,50,62)(H2,51,63)(H2,52,64)(H,53,67)(H,54,65)(H,55,66)(H,56,71)(H,57,68)(H,58,69)(H,59,70)/t27-,32?,33-,34-,35-,36-,42-/m0/s1. The van der Waals surface area contributed by atoms with E-state index in [0.717, 1.165) is 28.8 Å². The summed E-state index contributed by atoms with van der Waals surface area (Å²) in [6, 6.07) is 2.14. The lowest BCUT2D eigenvalue weighted by atomic mass is 9.96. The average Bonchev–Trinajstić information content (AvgIpc) is 3.32. The van der Waals surface area contributed by atoms with Crippen LogP contribution in [0.4, 0.5) is 4.39 Å². The molecule has 23 nitrogen and oxygen atoms in total. The largest absolute Gasteiger partial charge is 0.508 e. The highest BCUT2D eigenvalue weighted by Crippen LogP contribution is 2.17. The molecule has 400 valence electrons. The van der Waals surface area contributed by atoms with Gasteiger partial charge in [-0.1, -0.05) is 58.4 Å². The fourth-order valence-electron chi connectivity index (χ4n) is 7.44. The van der Waals surface area contributed by atoms with Crippen LogP contribution in [0.25, 0.3) is 0 Å². The molecule has 1 unspecified atom stereocenters. The van der Waals surface area contributed by atoms with Crippen molar-refractivity contribution in [3.8, 4) is 5.75 Å². The van der Waals surface area contributed by atoms with E-state index in [1.165, 1.54) is 24.3 Å². The Morgan fingerprint density at radius 2 is 1.40 bits per heavy atom. The van der Waals surface area contributed by atoms with Crippen LogP contribution in [0.2, 0.25) is 0 Å². The Balaban J connectivity index is 2.11. The van der Waals surface area contributed by atoms with Gasteiger partial charge in [0.2, 0.25) is 65.0 Å². The van der Waals surface area contributed by atoms with Crippen molar-refractivity contribution in [2.45, 2.75) is 122 Å². The second-order valence-electron chi connectivity index (χ2n) is 18.2. The van der Waals surface area contributed by atoms with Gasteiger partial charge in [0, 0.05) is 31.6 Å². The maximum Gasteiger partial charge on any atom is 0.246 e. The second-order valence-corrected chi connectivity index (χ2v) is 19.3. The Morgan fingerprint density at radius 1 is 0.781 bits per heavy atom. The Kier molecular flexibility index (Phi) is 24.6. The summed E-state index contributed by atoms with van der Waals surface area (Å²) in [5, 5.41) is 27.7. The second kappa shape index (κ2) is 29.9. The Hall–Kier alpha value is -7.31. The molecule has 1 heterocycles. The van der Waals surface area contributed by atoms with Gasteiger partial charge < -0.3 is 64.4 Å². The highest BCUT2D eigenvalue weighted by atomic mass is 32.2. The van der Waals surface area contributed by atoms with E-state index in [1.54, 1.807) is 39.8 Å². The number of nitrogens with two attached hydrogens (primary N) is 3. The number of nitrogens with one attached hydrogen (secondary N) is 7. The number of halogens is 1. The van der Waals surface area contributed by atoms with Crippen molar-refractivity contribution in [1.82, 2.24) is 42.1 Å². The molecule has 0 aliphatic carbocycles. The smallest absolute Gasteiger partial charge is 0.246 e. The molecular formula is C48H68FN11O12S. The van der Waals surface area contributed by atoms with Crippen molar-refractivity contribution in [3.63, 3.8) is 0 Å². The summed E-state index contributed by atoms with van der Waals surface area (Å²) in [5.41, 5.74) is 17.0. The highest BCUT2D eigenvalue weighted by Gasteiger charge is 2.36. The van der Waals surface area contributed by atoms with Crippen LogP contribution >= 0.6 is 11.8 Å². The van der Waals surface area contributed by atoms with Gasteiger partial charge in [-0.3, -0.25) is 52.7 Å². The van der Waals surface area contributed by atoms with Crippen LogP contribution in [0.3, 0.4) is 0 Å². The summed E-state index contributed by atoms with van der Waals surface area (Å²) in [5.74, 6) is -11.1. The van der Waals surface area contributed by atoms with Crippen LogP contribution in [-0.4, -0.2) is 136 Å². The molecule has 14 N–H and O–H groups in total. The number of rotatable bonds is 20. The fraction of sp³-hybridized carbons (Fsp3) is 0.521. The number of phenolic OH excluding ortho intramolecular Hbond substituents is 1. The molecule has 0 saturated carbocycles. The van der Waals surface area contributed by atoms with Gasteiger partial charge in [0.15, 0.2) is 0 Å². The third kappa shape index (κ3) is 21.5. The molecule has 1 aliphatic heterocycles. The van der Waals surface area contributed by atoms with Crippen LogP contribution in [0.15, 0.2) is 48.5 Å². The van der Waals surface area contributed by atoms with E-state index in [0.29, 0.717) is 17.5 Å². The van der Waals surface area contributed by atoms with E-state index < -0.39 is 145 Å². The molecule has 73 heavy (non-hydrogen) atoms. The minimum absolute atomic E-state index is 0.0409. The lowest BCUT2D eigenvalue weighted by molar-refractivity contribution is -0.141. The van der Waals surface area contributed by atoms with Crippen molar-refractivity contribution in [3.05, 3.63) is 65.5 Å². The fourth-order valence-corrected chi connectivity index (χ4v) is 8.41. The summed E-state index contributed by atoms with van der Waals surface area (Å²) < 4.78 is 14.0. The molecule has 2 aromatic carbocycles. The monoisotopic (exact) mass is 1040 g/mol. The number of nitrogens with zero attached hydrogens (tertiary/aromatic N) is 1. The molecule has 1 fully saturated rings. The zero-order valence-electron chi connectivity index (χ0n) is 41.3. The summed E-state index contributed by atoms with van der Waals surface area (Å²) in [7, 11) is 0. The van der Waals surface area contributed by atoms with Gasteiger partial charge in [0.05, 0.1) is 19.5 Å². The summed E-state index contributed by atoms with van der Waals surface area (Å²) in [6.07, 6.45) is -1.28. The van der Waals surface area contributed by atoms with Crippen LogP contribution in [0.5, 0.6) is 5.75 Å². The van der Waals surface area contributed by atoms with Crippen molar-refractivity contribution >= 4 is 76.7 Å². The molecular weight excluding hydrogens is 974 g/mol. The highest BCUT2D eigenvalue weighted by molar-refractivity contribution is 7.99. The van der Waals surface area contributed by atoms with Gasteiger partial charge >= 0.3 is 0 Å². The number of primary amides is 3. The summed E-state index contributed by atoms with van der Waals surface area (Å²) in [4.78, 5) is 148. The first-order chi connectivity index (χ1) is 34.4. The maximum atomic E-state index is 14.8. The van der Waals surface area contributed by atoms with Gasteiger partial charge in [0.25, 0.3) is 0 Å². The molecule has 1 saturated heterocycles. The minimum Gasteiger partial charge on any atom is -0.508 e. The number of thioether (sulfide) groups is 1. The Morgan fingerprint density at radius 3 is 2.00 bits per heavy atom. The number of phenols is 1. The van der Waals surface area contributed by atoms with E-state index in [9.17, 15) is 62.2 Å². The molecule has 0 bridgehead atoms. The Bertz CT molecular complexity index is 2290. The molecule has 0 radical (unpaired) electrons. The lowest BCUT2D eigenvalue weighted by Crippen LogP contribution is -2.61. The normalized spacial score (nSPS) is 20.4. The molecule has 7 atom stereocenters. The topological polar surface area (TPSA) is 374 Å². The van der Waals surface area contributed by atoms with Gasteiger partial charge in [-0.15, -0.1) is 0 Å². The zero-order valence-corrected chi connectivity index (χ0v) is 42.1. The third-order valence-corrected chi connectivity index (χ3v) is 12.6. The minimum atomic E-state index is -1.80. The molecule has 25 heteroatoms. The predicted octanol–water partition coefficient (Wildman–Crippen LogP) is -1.63. The maximum absolute atomic E-state index is 14.8. The summed E-state index contributed by atoms with van der Waals surface area (Å²) in [6.45, 7) is 5.37. The number of hydrogen-bond donors (Lipinski definition) is 11. The molecule has 1 aliphatic rings. The van der Waals surface area contributed by atoms with Crippen molar-refractivity contribution in [1.29, 1.82) is 0 Å².